The Kier molecular flexibility index (Phi) is 3.81. The molecular formula is C15H20N2O3. The molecule has 1 N–H and O–H groups in total. The number of ketones is 1. The van der Waals surface area contributed by atoms with E-state index in [0.29, 0.717) is 23.4 Å². The lowest BCUT2D eigenvalue weighted by atomic mass is 10.1. The number of carbonyl (C=O) groups excluding carboxylic acids is 2. The Morgan fingerprint density at radius 2 is 2.15 bits per heavy atom. The summed E-state index contributed by atoms with van der Waals surface area (Å²) in [6, 6.07) is 5.21. The van der Waals surface area contributed by atoms with E-state index in [1.165, 1.54) is 0 Å². The van der Waals surface area contributed by atoms with Crippen molar-refractivity contribution in [3.05, 3.63) is 23.8 Å². The third-order valence-corrected chi connectivity index (χ3v) is 3.32. The number of amides is 1. The monoisotopic (exact) mass is 276 g/mol. The number of likely N-dealkylation sites (N-methyl/N-ethyl adjacent to an activating group) is 1. The first kappa shape index (κ1) is 14.5. The van der Waals surface area contributed by atoms with Gasteiger partial charge >= 0.3 is 0 Å². The lowest BCUT2D eigenvalue weighted by Gasteiger charge is -2.23. The number of ether oxygens (including phenoxy) is 1. The van der Waals surface area contributed by atoms with Crippen LogP contribution in [-0.4, -0.2) is 37.9 Å². The van der Waals surface area contributed by atoms with E-state index >= 15 is 0 Å². The molecule has 0 fully saturated rings. The van der Waals surface area contributed by atoms with E-state index in [0.717, 1.165) is 0 Å². The van der Waals surface area contributed by atoms with Crippen LogP contribution in [0, 0.1) is 0 Å². The van der Waals surface area contributed by atoms with E-state index < -0.39 is 5.60 Å². The molecule has 1 aromatic carbocycles. The zero-order valence-electron chi connectivity index (χ0n) is 12.3. The summed E-state index contributed by atoms with van der Waals surface area (Å²) in [6.07, 6.45) is 0.304. The molecule has 108 valence electrons. The summed E-state index contributed by atoms with van der Waals surface area (Å²) in [4.78, 5) is 25.6. The van der Waals surface area contributed by atoms with Crippen LogP contribution in [0.15, 0.2) is 18.2 Å². The Hall–Kier alpha value is -1.88. The molecule has 0 saturated carbocycles. The average Bonchev–Trinajstić information content (AvgIpc) is 2.45. The molecule has 0 aliphatic carbocycles. The molecule has 0 spiro atoms. The van der Waals surface area contributed by atoms with Gasteiger partial charge in [0.05, 0.1) is 18.7 Å². The largest absolute Gasteiger partial charge is 0.485 e. The van der Waals surface area contributed by atoms with Gasteiger partial charge in [0.1, 0.15) is 11.4 Å². The van der Waals surface area contributed by atoms with Crippen LogP contribution in [0.25, 0.3) is 0 Å². The molecule has 0 saturated heterocycles. The SMILES string of the molecule is CNCC(=O)c1ccc2c(c1)N(C)C(=O)CC(C)(C)O2. The van der Waals surface area contributed by atoms with Crippen LogP contribution in [0.4, 0.5) is 5.69 Å². The predicted octanol–water partition coefficient (Wildman–Crippen LogP) is 1.61. The summed E-state index contributed by atoms with van der Waals surface area (Å²) in [5.41, 5.74) is 0.663. The minimum Gasteiger partial charge on any atom is -0.485 e. The van der Waals surface area contributed by atoms with Crippen molar-refractivity contribution in [2.24, 2.45) is 0 Å². The molecule has 0 bridgehead atoms. The highest BCUT2D eigenvalue weighted by molar-refractivity contribution is 6.01. The van der Waals surface area contributed by atoms with Crippen LogP contribution >= 0.6 is 0 Å². The molecule has 0 aromatic heterocycles. The van der Waals surface area contributed by atoms with Gasteiger partial charge in [-0.1, -0.05) is 0 Å². The first-order chi connectivity index (χ1) is 9.34. The van der Waals surface area contributed by atoms with Crippen molar-refractivity contribution in [1.82, 2.24) is 5.32 Å². The van der Waals surface area contributed by atoms with E-state index in [4.69, 9.17) is 4.74 Å². The summed E-state index contributed by atoms with van der Waals surface area (Å²) >= 11 is 0. The van der Waals surface area contributed by atoms with Crippen LogP contribution in [-0.2, 0) is 4.79 Å². The van der Waals surface area contributed by atoms with Gasteiger partial charge in [-0.05, 0) is 39.1 Å². The van der Waals surface area contributed by atoms with Gasteiger partial charge in [-0.25, -0.2) is 0 Å². The fourth-order valence-corrected chi connectivity index (χ4v) is 2.25. The second-order valence-electron chi connectivity index (χ2n) is 5.63. The molecule has 2 rings (SSSR count). The smallest absolute Gasteiger partial charge is 0.230 e. The van der Waals surface area contributed by atoms with Crippen LogP contribution in [0.3, 0.4) is 0 Å². The first-order valence-corrected chi connectivity index (χ1v) is 6.61. The summed E-state index contributed by atoms with van der Waals surface area (Å²) in [7, 11) is 3.43. The number of carbonyl (C=O) groups is 2. The van der Waals surface area contributed by atoms with Gasteiger partial charge in [-0.3, -0.25) is 9.59 Å². The van der Waals surface area contributed by atoms with Gasteiger partial charge in [0.25, 0.3) is 0 Å². The van der Waals surface area contributed by atoms with Crippen molar-refractivity contribution in [3.8, 4) is 5.75 Å². The van der Waals surface area contributed by atoms with Gasteiger partial charge < -0.3 is 15.0 Å². The fraction of sp³-hybridized carbons (Fsp3) is 0.467. The number of Topliss-reactive ketones (excluding diaryl/α,β-unsaturated/α-hetero) is 1. The van der Waals surface area contributed by atoms with Crippen LogP contribution in [0.2, 0.25) is 0 Å². The molecule has 5 nitrogen and oxygen atoms in total. The second-order valence-corrected chi connectivity index (χ2v) is 5.63. The Morgan fingerprint density at radius 3 is 2.80 bits per heavy atom. The molecule has 0 radical (unpaired) electrons. The highest BCUT2D eigenvalue weighted by Gasteiger charge is 2.32. The molecule has 1 aliphatic heterocycles. The van der Waals surface area contributed by atoms with E-state index in [2.05, 4.69) is 5.32 Å². The van der Waals surface area contributed by atoms with Gasteiger partial charge in [-0.2, -0.15) is 0 Å². The van der Waals surface area contributed by atoms with Gasteiger partial charge in [0.2, 0.25) is 5.91 Å². The Labute approximate surface area is 118 Å². The van der Waals surface area contributed by atoms with Crippen molar-refractivity contribution in [1.29, 1.82) is 0 Å². The molecule has 1 aliphatic rings. The van der Waals surface area contributed by atoms with E-state index in [-0.39, 0.29) is 18.2 Å². The highest BCUT2D eigenvalue weighted by Crippen LogP contribution is 2.36. The highest BCUT2D eigenvalue weighted by atomic mass is 16.5. The number of benzene rings is 1. The molecule has 1 amide bonds. The van der Waals surface area contributed by atoms with Crippen LogP contribution < -0.4 is 15.0 Å². The maximum atomic E-state index is 12.1. The predicted molar refractivity (Wildman–Crippen MR) is 77.4 cm³/mol. The van der Waals surface area contributed by atoms with Crippen molar-refractivity contribution in [2.45, 2.75) is 25.9 Å². The Morgan fingerprint density at radius 1 is 1.45 bits per heavy atom. The average molecular weight is 276 g/mol. The lowest BCUT2D eigenvalue weighted by molar-refractivity contribution is -0.120. The normalized spacial score (nSPS) is 17.2. The zero-order valence-corrected chi connectivity index (χ0v) is 12.3. The van der Waals surface area contributed by atoms with Gasteiger partial charge in [0.15, 0.2) is 5.78 Å². The quantitative estimate of drug-likeness (QED) is 0.852. The lowest BCUT2D eigenvalue weighted by Crippen LogP contribution is -2.34. The standard InChI is InChI=1S/C15H20N2O3/c1-15(2)8-14(19)17(4)11-7-10(12(18)9-16-3)5-6-13(11)20-15/h5-7,16H,8-9H2,1-4H3. The molecule has 20 heavy (non-hydrogen) atoms. The first-order valence-electron chi connectivity index (χ1n) is 6.61. The van der Waals surface area contributed by atoms with Crippen molar-refractivity contribution >= 4 is 17.4 Å². The number of nitrogens with one attached hydrogen (secondary N) is 1. The number of nitrogens with zero attached hydrogens (tertiary/aromatic N) is 1. The second kappa shape index (κ2) is 5.25. The van der Waals surface area contributed by atoms with E-state index in [1.807, 2.05) is 13.8 Å². The van der Waals surface area contributed by atoms with Crippen molar-refractivity contribution in [3.63, 3.8) is 0 Å². The van der Waals surface area contributed by atoms with Crippen molar-refractivity contribution < 1.29 is 14.3 Å². The Balaban J connectivity index is 2.44. The maximum absolute atomic E-state index is 12.1. The number of anilines is 1. The number of hydrogen-bond donors (Lipinski definition) is 1. The Bertz CT molecular complexity index is 552. The molecule has 0 unspecified atom stereocenters. The molecule has 0 atom stereocenters. The third kappa shape index (κ3) is 2.82. The minimum atomic E-state index is -0.549. The number of rotatable bonds is 3. The summed E-state index contributed by atoms with van der Waals surface area (Å²) in [5.74, 6) is 0.593. The van der Waals surface area contributed by atoms with Gasteiger partial charge in [0, 0.05) is 12.6 Å². The van der Waals surface area contributed by atoms with Crippen molar-refractivity contribution in [2.75, 3.05) is 25.5 Å². The number of fused-ring (bicyclic) bond motifs is 1. The third-order valence-electron chi connectivity index (χ3n) is 3.32. The minimum absolute atomic E-state index is 0.0142. The van der Waals surface area contributed by atoms with Gasteiger partial charge in [-0.15, -0.1) is 0 Å². The summed E-state index contributed by atoms with van der Waals surface area (Å²) < 4.78 is 5.89. The van der Waals surface area contributed by atoms with E-state index in [9.17, 15) is 9.59 Å². The van der Waals surface area contributed by atoms with Crippen LogP contribution in [0.1, 0.15) is 30.6 Å². The molecular weight excluding hydrogens is 256 g/mol. The molecule has 1 aromatic rings. The van der Waals surface area contributed by atoms with Crippen LogP contribution in [0.5, 0.6) is 5.75 Å². The topological polar surface area (TPSA) is 58.6 Å². The van der Waals surface area contributed by atoms with E-state index in [1.54, 1.807) is 37.2 Å². The number of hydrogen-bond acceptors (Lipinski definition) is 4. The fourth-order valence-electron chi connectivity index (χ4n) is 2.25. The summed E-state index contributed by atoms with van der Waals surface area (Å²) in [5, 5.41) is 2.83. The maximum Gasteiger partial charge on any atom is 0.230 e. The zero-order chi connectivity index (χ0) is 14.9. The summed E-state index contributed by atoms with van der Waals surface area (Å²) in [6.45, 7) is 4.03. The molecule has 5 heteroatoms. The molecule has 1 heterocycles.